The molecule has 4 heteroatoms. The van der Waals surface area contributed by atoms with E-state index in [-0.39, 0.29) is 5.91 Å². The van der Waals surface area contributed by atoms with Crippen LogP contribution in [-0.4, -0.2) is 47.4 Å². The molecule has 1 spiro atoms. The lowest BCUT2D eigenvalue weighted by Gasteiger charge is -2.51. The third-order valence-corrected chi connectivity index (χ3v) is 5.04. The molecule has 4 nitrogen and oxygen atoms in total. The maximum atomic E-state index is 12.3. The molecule has 0 N–H and O–H groups in total. The standard InChI is InChI=1S/C15H20N2O2/c18-14(13-2-1-9-19-13)16-7-5-15(11-16)6-8-17(15)10-12-3-4-12/h1-2,9,12H,3-8,10-11H2. The van der Waals surface area contributed by atoms with Gasteiger partial charge >= 0.3 is 0 Å². The summed E-state index contributed by atoms with van der Waals surface area (Å²) in [6.07, 6.45) is 6.76. The van der Waals surface area contributed by atoms with Gasteiger partial charge in [0.05, 0.1) is 6.26 Å². The summed E-state index contributed by atoms with van der Waals surface area (Å²) in [5.74, 6) is 1.47. The van der Waals surface area contributed by atoms with Crippen LogP contribution in [0.15, 0.2) is 22.8 Å². The van der Waals surface area contributed by atoms with Crippen molar-refractivity contribution in [3.8, 4) is 0 Å². The minimum absolute atomic E-state index is 0.0557. The minimum atomic E-state index is 0.0557. The van der Waals surface area contributed by atoms with Crippen molar-refractivity contribution in [3.05, 3.63) is 24.2 Å². The molecular formula is C15H20N2O2. The first-order valence-electron chi connectivity index (χ1n) is 7.35. The second kappa shape index (κ2) is 4.10. The van der Waals surface area contributed by atoms with E-state index in [1.165, 1.54) is 32.4 Å². The van der Waals surface area contributed by atoms with E-state index in [9.17, 15) is 4.79 Å². The van der Waals surface area contributed by atoms with Crippen molar-refractivity contribution < 1.29 is 9.21 Å². The Morgan fingerprint density at radius 1 is 1.37 bits per heavy atom. The van der Waals surface area contributed by atoms with Gasteiger partial charge in [0.1, 0.15) is 0 Å². The minimum Gasteiger partial charge on any atom is -0.459 e. The fraction of sp³-hybridized carbons (Fsp3) is 0.667. The molecule has 1 aromatic heterocycles. The van der Waals surface area contributed by atoms with Crippen molar-refractivity contribution >= 4 is 5.91 Å². The van der Waals surface area contributed by atoms with Crippen LogP contribution in [0.2, 0.25) is 0 Å². The Bertz CT molecular complexity index is 480. The fourth-order valence-corrected chi connectivity index (χ4v) is 3.53. The van der Waals surface area contributed by atoms with E-state index < -0.39 is 0 Å². The summed E-state index contributed by atoms with van der Waals surface area (Å²) in [7, 11) is 0. The third kappa shape index (κ3) is 1.89. The van der Waals surface area contributed by atoms with Crippen LogP contribution >= 0.6 is 0 Å². The lowest BCUT2D eigenvalue weighted by atomic mass is 9.83. The van der Waals surface area contributed by atoms with Crippen LogP contribution in [0.25, 0.3) is 0 Å². The second-order valence-corrected chi connectivity index (χ2v) is 6.32. The molecular weight excluding hydrogens is 240 g/mol. The first kappa shape index (κ1) is 11.5. The van der Waals surface area contributed by atoms with Gasteiger partial charge in [0.15, 0.2) is 5.76 Å². The molecule has 3 aliphatic rings. The molecule has 1 saturated carbocycles. The molecule has 4 rings (SSSR count). The monoisotopic (exact) mass is 260 g/mol. The smallest absolute Gasteiger partial charge is 0.289 e. The predicted molar refractivity (Wildman–Crippen MR) is 70.9 cm³/mol. The number of amides is 1. The number of nitrogens with zero attached hydrogens (tertiary/aromatic N) is 2. The Morgan fingerprint density at radius 3 is 2.84 bits per heavy atom. The first-order chi connectivity index (χ1) is 9.27. The average molecular weight is 260 g/mol. The topological polar surface area (TPSA) is 36.7 Å². The number of likely N-dealkylation sites (tertiary alicyclic amines) is 2. The summed E-state index contributed by atoms with van der Waals surface area (Å²) in [4.78, 5) is 16.9. The van der Waals surface area contributed by atoms with E-state index in [1.807, 2.05) is 4.90 Å². The number of rotatable bonds is 3. The van der Waals surface area contributed by atoms with Gasteiger partial charge in [-0.15, -0.1) is 0 Å². The number of hydrogen-bond donors (Lipinski definition) is 0. The summed E-state index contributed by atoms with van der Waals surface area (Å²) < 4.78 is 5.22. The largest absolute Gasteiger partial charge is 0.459 e. The maximum absolute atomic E-state index is 12.3. The molecule has 3 fully saturated rings. The van der Waals surface area contributed by atoms with Crippen LogP contribution in [0.3, 0.4) is 0 Å². The quantitative estimate of drug-likeness (QED) is 0.834. The summed E-state index contributed by atoms with van der Waals surface area (Å²) in [6, 6.07) is 3.54. The van der Waals surface area contributed by atoms with E-state index in [4.69, 9.17) is 4.42 Å². The highest BCUT2D eigenvalue weighted by atomic mass is 16.3. The van der Waals surface area contributed by atoms with E-state index >= 15 is 0 Å². The number of carbonyl (C=O) groups is 1. The maximum Gasteiger partial charge on any atom is 0.289 e. The van der Waals surface area contributed by atoms with Gasteiger partial charge in [0, 0.05) is 31.7 Å². The Labute approximate surface area is 113 Å². The van der Waals surface area contributed by atoms with Gasteiger partial charge in [-0.1, -0.05) is 0 Å². The molecule has 1 atom stereocenters. The molecule has 1 aliphatic carbocycles. The Balaban J connectivity index is 1.43. The van der Waals surface area contributed by atoms with Gasteiger partial charge in [0.25, 0.3) is 5.91 Å². The van der Waals surface area contributed by atoms with Crippen LogP contribution in [0.4, 0.5) is 0 Å². The van der Waals surface area contributed by atoms with E-state index in [1.54, 1.807) is 18.4 Å². The lowest BCUT2D eigenvalue weighted by Crippen LogP contribution is -2.61. The Hall–Kier alpha value is -1.29. The molecule has 19 heavy (non-hydrogen) atoms. The molecule has 3 heterocycles. The van der Waals surface area contributed by atoms with Crippen LogP contribution in [0, 0.1) is 5.92 Å². The van der Waals surface area contributed by atoms with Crippen LogP contribution in [-0.2, 0) is 0 Å². The van der Waals surface area contributed by atoms with Gasteiger partial charge in [-0.25, -0.2) is 0 Å². The summed E-state index contributed by atoms with van der Waals surface area (Å²) in [5, 5.41) is 0. The van der Waals surface area contributed by atoms with E-state index in [0.717, 1.165) is 25.4 Å². The molecule has 0 bridgehead atoms. The van der Waals surface area contributed by atoms with Gasteiger partial charge in [0.2, 0.25) is 0 Å². The molecule has 2 aliphatic heterocycles. The molecule has 1 amide bonds. The zero-order chi connectivity index (χ0) is 12.9. The van der Waals surface area contributed by atoms with Crippen molar-refractivity contribution in [2.75, 3.05) is 26.2 Å². The highest BCUT2D eigenvalue weighted by molar-refractivity contribution is 5.91. The van der Waals surface area contributed by atoms with E-state index in [2.05, 4.69) is 4.90 Å². The summed E-state index contributed by atoms with van der Waals surface area (Å²) in [5.41, 5.74) is 0.296. The molecule has 0 aromatic carbocycles. The fourth-order valence-electron chi connectivity index (χ4n) is 3.53. The number of carbonyl (C=O) groups excluding carboxylic acids is 1. The van der Waals surface area contributed by atoms with Crippen molar-refractivity contribution in [3.63, 3.8) is 0 Å². The number of furan rings is 1. The normalized spacial score (nSPS) is 30.8. The second-order valence-electron chi connectivity index (χ2n) is 6.32. The molecule has 102 valence electrons. The van der Waals surface area contributed by atoms with Crippen molar-refractivity contribution in [2.24, 2.45) is 5.92 Å². The van der Waals surface area contributed by atoms with Crippen molar-refractivity contribution in [1.82, 2.24) is 9.80 Å². The highest BCUT2D eigenvalue weighted by Crippen LogP contribution is 2.42. The predicted octanol–water partition coefficient (Wildman–Crippen LogP) is 1.98. The van der Waals surface area contributed by atoms with Gasteiger partial charge < -0.3 is 9.32 Å². The number of hydrogen-bond acceptors (Lipinski definition) is 3. The molecule has 1 aromatic rings. The first-order valence-corrected chi connectivity index (χ1v) is 7.35. The van der Waals surface area contributed by atoms with Crippen molar-refractivity contribution in [1.29, 1.82) is 0 Å². The Kier molecular flexibility index (Phi) is 2.49. The van der Waals surface area contributed by atoms with Gasteiger partial charge in [-0.05, 0) is 43.7 Å². The highest BCUT2D eigenvalue weighted by Gasteiger charge is 2.51. The van der Waals surface area contributed by atoms with Crippen LogP contribution in [0.1, 0.15) is 36.2 Å². The zero-order valence-corrected chi connectivity index (χ0v) is 11.2. The van der Waals surface area contributed by atoms with Crippen molar-refractivity contribution in [2.45, 2.75) is 31.2 Å². The SMILES string of the molecule is O=C(c1ccco1)N1CCC2(CCN2CC2CC2)C1. The Morgan fingerprint density at radius 2 is 2.21 bits per heavy atom. The van der Waals surface area contributed by atoms with E-state index in [0.29, 0.717) is 11.3 Å². The molecule has 0 radical (unpaired) electrons. The summed E-state index contributed by atoms with van der Waals surface area (Å²) >= 11 is 0. The van der Waals surface area contributed by atoms with Gasteiger partial charge in [-0.3, -0.25) is 9.69 Å². The van der Waals surface area contributed by atoms with Crippen LogP contribution < -0.4 is 0 Å². The molecule has 2 saturated heterocycles. The third-order valence-electron chi connectivity index (χ3n) is 5.04. The van der Waals surface area contributed by atoms with Crippen LogP contribution in [0.5, 0.6) is 0 Å². The average Bonchev–Trinajstić information content (AvgIpc) is 2.94. The molecule has 1 unspecified atom stereocenters. The van der Waals surface area contributed by atoms with Gasteiger partial charge in [-0.2, -0.15) is 0 Å². The lowest BCUT2D eigenvalue weighted by molar-refractivity contribution is -0.00951. The summed E-state index contributed by atoms with van der Waals surface area (Å²) in [6.45, 7) is 4.24. The zero-order valence-electron chi connectivity index (χ0n) is 11.2.